The van der Waals surface area contributed by atoms with Gasteiger partial charge in [-0.1, -0.05) is 66.7 Å². The molecule has 0 aliphatic rings. The van der Waals surface area contributed by atoms with Crippen molar-refractivity contribution in [2.45, 2.75) is 0 Å². The lowest BCUT2D eigenvalue weighted by Crippen LogP contribution is -1.90. The fourth-order valence-corrected chi connectivity index (χ4v) is 8.27. The lowest BCUT2D eigenvalue weighted by atomic mass is 9.90. The number of hydrogen-bond acceptors (Lipinski definition) is 4. The highest BCUT2D eigenvalue weighted by Gasteiger charge is 2.15. The molecule has 0 spiro atoms. The zero-order valence-electron chi connectivity index (χ0n) is 22.3. The highest BCUT2D eigenvalue weighted by Crippen LogP contribution is 2.43. The van der Waals surface area contributed by atoms with Gasteiger partial charge < -0.3 is 0 Å². The van der Waals surface area contributed by atoms with E-state index in [1.807, 2.05) is 28.7 Å². The van der Waals surface area contributed by atoms with E-state index in [0.717, 1.165) is 27.8 Å². The van der Waals surface area contributed by atoms with Crippen molar-refractivity contribution in [3.8, 4) is 45.5 Å². The molecule has 8 rings (SSSR count). The maximum absolute atomic E-state index is 10.0. The fourth-order valence-electron chi connectivity index (χ4n) is 5.94. The van der Waals surface area contributed by atoms with Gasteiger partial charge in [0.25, 0.3) is 0 Å². The molecule has 0 amide bonds. The molecule has 0 bridgehead atoms. The number of benzene rings is 6. The normalized spacial score (nSPS) is 11.3. The molecule has 2 heterocycles. The second kappa shape index (κ2) is 9.68. The van der Waals surface area contributed by atoms with Crippen LogP contribution in [0, 0.1) is 22.7 Å². The van der Waals surface area contributed by atoms with E-state index >= 15 is 0 Å². The van der Waals surface area contributed by atoms with Gasteiger partial charge in [-0.15, -0.1) is 22.7 Å². The molecule has 0 aliphatic heterocycles. The molecule has 2 nitrogen and oxygen atoms in total. The Kier molecular flexibility index (Phi) is 5.66. The third kappa shape index (κ3) is 3.90. The van der Waals surface area contributed by atoms with E-state index in [4.69, 9.17) is 0 Å². The van der Waals surface area contributed by atoms with Gasteiger partial charge in [-0.3, -0.25) is 0 Å². The zero-order valence-corrected chi connectivity index (χ0v) is 23.9. The molecule has 0 unspecified atom stereocenters. The van der Waals surface area contributed by atoms with E-state index in [2.05, 4.69) is 115 Å². The predicted octanol–water partition coefficient (Wildman–Crippen LogP) is 11.2. The summed E-state index contributed by atoms with van der Waals surface area (Å²) in [4.78, 5) is 0. The van der Waals surface area contributed by atoms with Gasteiger partial charge >= 0.3 is 0 Å². The molecule has 2 aromatic heterocycles. The monoisotopic (exact) mass is 568 g/mol. The van der Waals surface area contributed by atoms with Crippen LogP contribution in [-0.4, -0.2) is 0 Å². The number of rotatable bonds is 3. The van der Waals surface area contributed by atoms with Crippen LogP contribution in [-0.2, 0) is 0 Å². The Morgan fingerprint density at radius 3 is 1.88 bits per heavy atom. The number of nitriles is 2. The van der Waals surface area contributed by atoms with Crippen molar-refractivity contribution in [2.75, 3.05) is 0 Å². The summed E-state index contributed by atoms with van der Waals surface area (Å²) in [7, 11) is 0. The van der Waals surface area contributed by atoms with Crippen LogP contribution in [0.4, 0.5) is 0 Å². The van der Waals surface area contributed by atoms with E-state index in [-0.39, 0.29) is 0 Å². The first-order chi connectivity index (χ1) is 20.7. The van der Waals surface area contributed by atoms with Gasteiger partial charge in [0.2, 0.25) is 0 Å². The minimum atomic E-state index is 0.483. The summed E-state index contributed by atoms with van der Waals surface area (Å²) in [6.07, 6.45) is 0. The largest absolute Gasteiger partial charge is 0.192 e. The molecule has 4 heteroatoms. The molecular weight excluding hydrogens is 549 g/mol. The van der Waals surface area contributed by atoms with Gasteiger partial charge in [-0.25, -0.2) is 0 Å². The van der Waals surface area contributed by atoms with Crippen molar-refractivity contribution < 1.29 is 0 Å². The van der Waals surface area contributed by atoms with Gasteiger partial charge in [0, 0.05) is 40.3 Å². The van der Waals surface area contributed by atoms with Crippen LogP contribution in [0.3, 0.4) is 0 Å². The minimum Gasteiger partial charge on any atom is -0.192 e. The predicted molar refractivity (Wildman–Crippen MR) is 178 cm³/mol. The first kappa shape index (κ1) is 24.5. The summed E-state index contributed by atoms with van der Waals surface area (Å²) in [6.45, 7) is 0. The number of hydrogen-bond donors (Lipinski definition) is 0. The van der Waals surface area contributed by atoms with Crippen molar-refractivity contribution in [3.63, 3.8) is 0 Å². The average molecular weight is 569 g/mol. The van der Waals surface area contributed by atoms with Crippen molar-refractivity contribution in [1.29, 1.82) is 10.5 Å². The van der Waals surface area contributed by atoms with E-state index < -0.39 is 0 Å². The van der Waals surface area contributed by atoms with Gasteiger partial charge in [-0.2, -0.15) is 10.5 Å². The van der Waals surface area contributed by atoms with Crippen LogP contribution in [0.25, 0.3) is 73.7 Å². The second-order valence-corrected chi connectivity index (χ2v) is 12.5. The summed E-state index contributed by atoms with van der Waals surface area (Å²) in [5.41, 5.74) is 7.25. The summed E-state index contributed by atoms with van der Waals surface area (Å²) in [5.74, 6) is 0. The number of nitrogens with zero attached hydrogens (tertiary/aromatic N) is 2. The van der Waals surface area contributed by atoms with Crippen molar-refractivity contribution in [2.24, 2.45) is 0 Å². The third-order valence-corrected chi connectivity index (χ3v) is 10.3. The van der Waals surface area contributed by atoms with E-state index in [0.29, 0.717) is 11.1 Å². The van der Waals surface area contributed by atoms with Crippen LogP contribution in [0.5, 0.6) is 0 Å². The second-order valence-electron chi connectivity index (χ2n) is 10.4. The molecule has 0 aliphatic carbocycles. The highest BCUT2D eigenvalue weighted by molar-refractivity contribution is 7.26. The Bertz CT molecular complexity index is 2450. The smallest absolute Gasteiger partial charge is 0.0998 e. The van der Waals surface area contributed by atoms with Crippen LogP contribution in [0.1, 0.15) is 11.1 Å². The third-order valence-electron chi connectivity index (χ3n) is 7.94. The van der Waals surface area contributed by atoms with Crippen LogP contribution in [0.2, 0.25) is 0 Å². The first-order valence-corrected chi connectivity index (χ1v) is 15.3. The van der Waals surface area contributed by atoms with Crippen LogP contribution >= 0.6 is 22.7 Å². The highest BCUT2D eigenvalue weighted by atomic mass is 32.1. The van der Waals surface area contributed by atoms with Crippen molar-refractivity contribution in [1.82, 2.24) is 0 Å². The lowest BCUT2D eigenvalue weighted by Gasteiger charge is -2.13. The fraction of sp³-hybridized carbons (Fsp3) is 0. The standard InChI is InChI=1S/C38H20N2S2/c39-21-23-12-14-29(28(16-23)22-40)26-17-25(24-13-15-37-34(20-24)32-7-2-3-10-35(32)41-37)18-27(19-26)30-8-5-9-33-31-6-1-4-11-36(31)42-38(30)33/h1-20H. The first-order valence-electron chi connectivity index (χ1n) is 13.6. The summed E-state index contributed by atoms with van der Waals surface area (Å²) in [5, 5.41) is 24.5. The van der Waals surface area contributed by atoms with Gasteiger partial charge in [0.1, 0.15) is 0 Å². The Morgan fingerprint density at radius 2 is 1.10 bits per heavy atom. The molecule has 0 saturated heterocycles. The molecular formula is C38H20N2S2. The Morgan fingerprint density at radius 1 is 0.429 bits per heavy atom. The number of thiophene rings is 2. The Balaban J connectivity index is 1.41. The minimum absolute atomic E-state index is 0.483. The molecule has 194 valence electrons. The topological polar surface area (TPSA) is 47.6 Å². The van der Waals surface area contributed by atoms with Gasteiger partial charge in [0.05, 0.1) is 23.3 Å². The maximum atomic E-state index is 10.0. The lowest BCUT2D eigenvalue weighted by molar-refractivity contribution is 1.44. The molecule has 0 radical (unpaired) electrons. The quantitative estimate of drug-likeness (QED) is 0.213. The SMILES string of the molecule is N#Cc1ccc(-c2cc(-c3ccc4sc5ccccc5c4c3)cc(-c3cccc4c3sc3ccccc34)c2)c(C#N)c1. The van der Waals surface area contributed by atoms with E-state index in [1.54, 1.807) is 12.1 Å². The Hall–Kier alpha value is -5.26. The maximum Gasteiger partial charge on any atom is 0.0998 e. The van der Waals surface area contributed by atoms with Crippen molar-refractivity contribution in [3.05, 3.63) is 132 Å². The molecule has 0 atom stereocenters. The summed E-state index contributed by atoms with van der Waals surface area (Å²) >= 11 is 3.63. The van der Waals surface area contributed by atoms with Crippen molar-refractivity contribution >= 4 is 63.0 Å². The summed E-state index contributed by atoms with van der Waals surface area (Å²) < 4.78 is 5.07. The molecule has 0 saturated carbocycles. The Labute approximate surface area is 250 Å². The van der Waals surface area contributed by atoms with Crippen LogP contribution in [0.15, 0.2) is 121 Å². The summed E-state index contributed by atoms with van der Waals surface area (Å²) in [6, 6.07) is 46.9. The average Bonchev–Trinajstić information content (AvgIpc) is 3.62. The van der Waals surface area contributed by atoms with Gasteiger partial charge in [-0.05, 0) is 88.0 Å². The van der Waals surface area contributed by atoms with E-state index in [1.165, 1.54) is 45.9 Å². The van der Waals surface area contributed by atoms with Gasteiger partial charge in [0.15, 0.2) is 0 Å². The molecule has 0 N–H and O–H groups in total. The molecule has 6 aromatic carbocycles. The number of fused-ring (bicyclic) bond motifs is 6. The van der Waals surface area contributed by atoms with Crippen LogP contribution < -0.4 is 0 Å². The molecule has 0 fully saturated rings. The molecule has 8 aromatic rings. The van der Waals surface area contributed by atoms with E-state index in [9.17, 15) is 10.5 Å². The zero-order chi connectivity index (χ0) is 28.2. The molecule has 42 heavy (non-hydrogen) atoms.